The van der Waals surface area contributed by atoms with Gasteiger partial charge in [-0.3, -0.25) is 9.80 Å². The second-order valence-electron chi connectivity index (χ2n) is 7.15. The lowest BCUT2D eigenvalue weighted by molar-refractivity contribution is 0.00808. The highest BCUT2D eigenvalue weighted by Gasteiger charge is 2.22. The number of nitrogens with zero attached hydrogens (tertiary/aromatic N) is 4. The second-order valence-corrected chi connectivity index (χ2v) is 7.15. The summed E-state index contributed by atoms with van der Waals surface area (Å²) in [6.07, 6.45) is 5.79. The van der Waals surface area contributed by atoms with Gasteiger partial charge in [-0.05, 0) is 19.9 Å². The van der Waals surface area contributed by atoms with Crippen molar-refractivity contribution in [1.82, 2.24) is 19.9 Å². The number of hydrogen-bond donors (Lipinski definition) is 1. The van der Waals surface area contributed by atoms with Crippen LogP contribution in [0.15, 0.2) is 4.52 Å². The maximum absolute atomic E-state index is 10.3. The van der Waals surface area contributed by atoms with E-state index in [0.717, 1.165) is 50.9 Å². The number of morpholine rings is 1. The maximum Gasteiger partial charge on any atom is 0.229 e. The highest BCUT2D eigenvalue weighted by molar-refractivity contribution is 4.95. The lowest BCUT2D eigenvalue weighted by atomic mass is 9.89. The summed E-state index contributed by atoms with van der Waals surface area (Å²) in [5.41, 5.74) is 0. The molecule has 7 nitrogen and oxygen atoms in total. The molecule has 136 valence electrons. The Hall–Kier alpha value is -1.02. The van der Waals surface area contributed by atoms with Crippen LogP contribution in [0.25, 0.3) is 0 Å². The van der Waals surface area contributed by atoms with Crippen molar-refractivity contribution in [2.24, 2.45) is 0 Å². The van der Waals surface area contributed by atoms with E-state index in [4.69, 9.17) is 9.26 Å². The van der Waals surface area contributed by atoms with Crippen LogP contribution in [-0.4, -0.2) is 77.6 Å². The van der Waals surface area contributed by atoms with Crippen LogP contribution in [-0.2, 0) is 11.3 Å². The lowest BCUT2D eigenvalue weighted by Crippen LogP contribution is -2.44. The van der Waals surface area contributed by atoms with E-state index < -0.39 is 0 Å². The van der Waals surface area contributed by atoms with E-state index >= 15 is 0 Å². The van der Waals surface area contributed by atoms with Crippen LogP contribution >= 0.6 is 0 Å². The van der Waals surface area contributed by atoms with Gasteiger partial charge in [0.15, 0.2) is 5.82 Å². The van der Waals surface area contributed by atoms with Crippen molar-refractivity contribution >= 4 is 0 Å². The summed E-state index contributed by atoms with van der Waals surface area (Å²) in [6.45, 7) is 5.21. The average Bonchev–Trinajstić information content (AvgIpc) is 3.04. The Kier molecular flexibility index (Phi) is 6.59. The molecule has 0 radical (unpaired) electrons. The van der Waals surface area contributed by atoms with Gasteiger partial charge in [0.25, 0.3) is 0 Å². The first-order chi connectivity index (χ1) is 11.7. The predicted molar refractivity (Wildman–Crippen MR) is 89.7 cm³/mol. The SMILES string of the molecule is CN(Cc1noc(C2CCCCC2)n1)CC(O)CN1CCOCC1. The molecule has 1 unspecified atom stereocenters. The summed E-state index contributed by atoms with van der Waals surface area (Å²) in [4.78, 5) is 8.87. The van der Waals surface area contributed by atoms with Crippen molar-refractivity contribution in [2.75, 3.05) is 46.4 Å². The smallest absolute Gasteiger partial charge is 0.229 e. The normalized spacial score (nSPS) is 22.1. The van der Waals surface area contributed by atoms with Gasteiger partial charge >= 0.3 is 0 Å². The summed E-state index contributed by atoms with van der Waals surface area (Å²) >= 11 is 0. The number of hydrogen-bond acceptors (Lipinski definition) is 7. The van der Waals surface area contributed by atoms with Gasteiger partial charge < -0.3 is 14.4 Å². The third-order valence-electron chi connectivity index (χ3n) is 4.94. The molecule has 0 bridgehead atoms. The number of aliphatic hydroxyl groups excluding tert-OH is 1. The van der Waals surface area contributed by atoms with Gasteiger partial charge in [-0.15, -0.1) is 0 Å². The monoisotopic (exact) mass is 338 g/mol. The Balaban J connectivity index is 1.42. The Labute approximate surface area is 144 Å². The summed E-state index contributed by atoms with van der Waals surface area (Å²) in [7, 11) is 1.99. The van der Waals surface area contributed by atoms with Crippen molar-refractivity contribution in [3.63, 3.8) is 0 Å². The molecule has 1 atom stereocenters. The molecule has 3 rings (SSSR count). The third kappa shape index (κ3) is 5.24. The number of rotatable bonds is 7. The number of β-amino-alcohol motifs (C(OH)–C–C–N with tert-alkyl or cyclic N) is 1. The molecular weight excluding hydrogens is 308 g/mol. The minimum absolute atomic E-state index is 0.377. The standard InChI is InChI=1S/C17H30N4O3/c1-20(11-15(22)12-21-7-9-23-10-8-21)13-16-18-17(24-19-16)14-5-3-2-4-6-14/h14-15,22H,2-13H2,1H3. The van der Waals surface area contributed by atoms with E-state index in [1.54, 1.807) is 0 Å². The third-order valence-corrected chi connectivity index (χ3v) is 4.94. The van der Waals surface area contributed by atoms with E-state index in [2.05, 4.69) is 19.9 Å². The quantitative estimate of drug-likeness (QED) is 0.802. The highest BCUT2D eigenvalue weighted by atomic mass is 16.5. The first kappa shape index (κ1) is 17.8. The Morgan fingerprint density at radius 2 is 2.00 bits per heavy atom. The molecule has 1 aromatic rings. The minimum Gasteiger partial charge on any atom is -0.390 e. The summed E-state index contributed by atoms with van der Waals surface area (Å²) < 4.78 is 10.8. The minimum atomic E-state index is -0.377. The Morgan fingerprint density at radius 3 is 2.75 bits per heavy atom. The van der Waals surface area contributed by atoms with E-state index in [1.807, 2.05) is 7.05 Å². The maximum atomic E-state index is 10.3. The molecule has 2 heterocycles. The van der Waals surface area contributed by atoms with Crippen molar-refractivity contribution in [3.05, 3.63) is 11.7 Å². The summed E-state index contributed by atoms with van der Waals surface area (Å²) in [5.74, 6) is 1.96. The second kappa shape index (κ2) is 8.89. The van der Waals surface area contributed by atoms with Gasteiger partial charge in [0, 0.05) is 32.1 Å². The van der Waals surface area contributed by atoms with Crippen LogP contribution in [0.1, 0.15) is 49.7 Å². The van der Waals surface area contributed by atoms with E-state index in [1.165, 1.54) is 19.3 Å². The number of ether oxygens (including phenoxy) is 1. The summed E-state index contributed by atoms with van der Waals surface area (Å²) in [6, 6.07) is 0. The molecule has 1 saturated carbocycles. The van der Waals surface area contributed by atoms with Gasteiger partial charge in [-0.2, -0.15) is 4.98 Å². The predicted octanol–water partition coefficient (Wildman–Crippen LogP) is 1.24. The van der Waals surface area contributed by atoms with Gasteiger partial charge in [0.2, 0.25) is 5.89 Å². The van der Waals surface area contributed by atoms with Crippen molar-refractivity contribution in [1.29, 1.82) is 0 Å². The molecular formula is C17H30N4O3. The van der Waals surface area contributed by atoms with Gasteiger partial charge in [-0.25, -0.2) is 0 Å². The van der Waals surface area contributed by atoms with Gasteiger partial charge in [0.05, 0.1) is 25.9 Å². The summed E-state index contributed by atoms with van der Waals surface area (Å²) in [5, 5.41) is 14.4. The number of aromatic nitrogens is 2. The van der Waals surface area contributed by atoms with E-state index in [9.17, 15) is 5.11 Å². The topological polar surface area (TPSA) is 74.9 Å². The van der Waals surface area contributed by atoms with E-state index in [0.29, 0.717) is 25.6 Å². The van der Waals surface area contributed by atoms with E-state index in [-0.39, 0.29) is 6.10 Å². The van der Waals surface area contributed by atoms with Crippen LogP contribution in [0.2, 0.25) is 0 Å². The largest absolute Gasteiger partial charge is 0.390 e. The number of likely N-dealkylation sites (N-methyl/N-ethyl adjacent to an activating group) is 1. The van der Waals surface area contributed by atoms with Crippen LogP contribution in [0.3, 0.4) is 0 Å². The average molecular weight is 338 g/mol. The molecule has 2 aliphatic rings. The fraction of sp³-hybridized carbons (Fsp3) is 0.882. The Bertz CT molecular complexity index is 484. The molecule has 1 aliphatic carbocycles. The van der Waals surface area contributed by atoms with Gasteiger partial charge in [-0.1, -0.05) is 24.4 Å². The molecule has 0 amide bonds. The number of aliphatic hydroxyl groups is 1. The molecule has 1 aliphatic heterocycles. The molecule has 2 fully saturated rings. The zero-order valence-corrected chi connectivity index (χ0v) is 14.7. The molecule has 1 aromatic heterocycles. The van der Waals surface area contributed by atoms with Crippen molar-refractivity contribution in [3.8, 4) is 0 Å². The van der Waals surface area contributed by atoms with Crippen LogP contribution in [0.4, 0.5) is 0 Å². The Morgan fingerprint density at radius 1 is 1.25 bits per heavy atom. The first-order valence-corrected chi connectivity index (χ1v) is 9.20. The highest BCUT2D eigenvalue weighted by Crippen LogP contribution is 2.31. The lowest BCUT2D eigenvalue weighted by Gasteiger charge is -2.29. The van der Waals surface area contributed by atoms with Crippen LogP contribution in [0.5, 0.6) is 0 Å². The molecule has 24 heavy (non-hydrogen) atoms. The fourth-order valence-corrected chi connectivity index (χ4v) is 3.65. The van der Waals surface area contributed by atoms with Crippen LogP contribution in [0, 0.1) is 0 Å². The zero-order valence-electron chi connectivity index (χ0n) is 14.7. The fourth-order valence-electron chi connectivity index (χ4n) is 3.65. The molecule has 0 spiro atoms. The zero-order chi connectivity index (χ0) is 16.8. The van der Waals surface area contributed by atoms with Gasteiger partial charge in [0.1, 0.15) is 0 Å². The molecule has 1 N–H and O–H groups in total. The van der Waals surface area contributed by atoms with Crippen molar-refractivity contribution < 1.29 is 14.4 Å². The molecule has 0 aromatic carbocycles. The molecule has 1 saturated heterocycles. The van der Waals surface area contributed by atoms with Crippen molar-refractivity contribution in [2.45, 2.75) is 50.7 Å². The van der Waals surface area contributed by atoms with Crippen LogP contribution < -0.4 is 0 Å². The molecule has 7 heteroatoms. The first-order valence-electron chi connectivity index (χ1n) is 9.20.